The number of nitriles is 1. The third-order valence-electron chi connectivity index (χ3n) is 2.95. The van der Waals surface area contributed by atoms with Crippen molar-refractivity contribution in [3.05, 3.63) is 28.2 Å². The van der Waals surface area contributed by atoms with E-state index in [1.807, 2.05) is 6.07 Å². The first-order valence-corrected chi connectivity index (χ1v) is 6.19. The second-order valence-electron chi connectivity index (χ2n) is 4.17. The van der Waals surface area contributed by atoms with Gasteiger partial charge in [-0.25, -0.2) is 4.79 Å². The van der Waals surface area contributed by atoms with Crippen molar-refractivity contribution in [2.75, 3.05) is 11.4 Å². The molecular weight excluding hydrogens is 300 g/mol. The molecule has 1 aromatic carbocycles. The van der Waals surface area contributed by atoms with Gasteiger partial charge in [-0.15, -0.1) is 0 Å². The van der Waals surface area contributed by atoms with Gasteiger partial charge in [0.15, 0.2) is 0 Å². The number of anilines is 1. The van der Waals surface area contributed by atoms with Gasteiger partial charge in [0, 0.05) is 17.4 Å². The molecule has 0 bridgehead atoms. The standard InChI is InChI=1S/C12H11BrN2O3/c13-8-2-1-7(5-14)10(3-8)15-6-9(16)4-11(15)12(17)18/h1-3,9,11,16H,4,6H2,(H,17,18). The number of rotatable bonds is 2. The number of β-amino-alcohol motifs (C(OH)–C–C–N with tert-alkyl or cyclic N) is 1. The third-order valence-corrected chi connectivity index (χ3v) is 3.45. The summed E-state index contributed by atoms with van der Waals surface area (Å²) in [6.45, 7) is 0.224. The Kier molecular flexibility index (Phi) is 3.55. The van der Waals surface area contributed by atoms with Crippen molar-refractivity contribution < 1.29 is 15.0 Å². The van der Waals surface area contributed by atoms with E-state index in [4.69, 9.17) is 10.4 Å². The predicted octanol–water partition coefficient (Wildman–Crippen LogP) is 1.34. The molecule has 1 heterocycles. The molecule has 94 valence electrons. The molecule has 1 aliphatic rings. The number of halogens is 1. The average molecular weight is 311 g/mol. The Morgan fingerprint density at radius 3 is 2.89 bits per heavy atom. The lowest BCUT2D eigenvalue weighted by atomic mass is 10.1. The molecule has 1 aliphatic heterocycles. The molecule has 1 fully saturated rings. The number of aliphatic hydroxyl groups is 1. The van der Waals surface area contributed by atoms with Crippen molar-refractivity contribution >= 4 is 27.6 Å². The molecule has 0 aromatic heterocycles. The fourth-order valence-corrected chi connectivity index (χ4v) is 2.50. The van der Waals surface area contributed by atoms with Crippen LogP contribution in [0.25, 0.3) is 0 Å². The van der Waals surface area contributed by atoms with E-state index in [1.165, 1.54) is 0 Å². The number of carboxylic acids is 1. The highest BCUT2D eigenvalue weighted by atomic mass is 79.9. The molecule has 0 saturated carbocycles. The molecule has 18 heavy (non-hydrogen) atoms. The van der Waals surface area contributed by atoms with Crippen LogP contribution in [0.2, 0.25) is 0 Å². The van der Waals surface area contributed by atoms with Crippen molar-refractivity contribution in [1.82, 2.24) is 0 Å². The quantitative estimate of drug-likeness (QED) is 0.861. The van der Waals surface area contributed by atoms with Crippen LogP contribution in [-0.4, -0.2) is 34.9 Å². The summed E-state index contributed by atoms with van der Waals surface area (Å²) in [7, 11) is 0. The number of nitrogens with zero attached hydrogens (tertiary/aromatic N) is 2. The Balaban J connectivity index is 2.44. The van der Waals surface area contributed by atoms with Gasteiger partial charge in [0.25, 0.3) is 0 Å². The molecule has 2 atom stereocenters. The van der Waals surface area contributed by atoms with Gasteiger partial charge in [0.2, 0.25) is 0 Å². The zero-order valence-corrected chi connectivity index (χ0v) is 11.0. The van der Waals surface area contributed by atoms with Crippen molar-refractivity contribution in [1.29, 1.82) is 5.26 Å². The van der Waals surface area contributed by atoms with Crippen LogP contribution in [0.5, 0.6) is 0 Å². The van der Waals surface area contributed by atoms with Crippen molar-refractivity contribution in [3.8, 4) is 6.07 Å². The van der Waals surface area contributed by atoms with Crippen LogP contribution in [0.3, 0.4) is 0 Å². The minimum absolute atomic E-state index is 0.173. The second kappa shape index (κ2) is 4.96. The minimum Gasteiger partial charge on any atom is -0.480 e. The lowest BCUT2D eigenvalue weighted by molar-refractivity contribution is -0.138. The van der Waals surface area contributed by atoms with Crippen LogP contribution in [-0.2, 0) is 4.79 Å². The first kappa shape index (κ1) is 12.9. The lowest BCUT2D eigenvalue weighted by Gasteiger charge is -2.24. The Labute approximate surface area is 112 Å². The minimum atomic E-state index is -0.990. The highest BCUT2D eigenvalue weighted by Gasteiger charge is 2.37. The van der Waals surface area contributed by atoms with E-state index in [2.05, 4.69) is 15.9 Å². The third kappa shape index (κ3) is 2.33. The Morgan fingerprint density at radius 1 is 1.56 bits per heavy atom. The summed E-state index contributed by atoms with van der Waals surface area (Å²) in [5.74, 6) is -0.990. The smallest absolute Gasteiger partial charge is 0.326 e. The monoisotopic (exact) mass is 310 g/mol. The van der Waals surface area contributed by atoms with Gasteiger partial charge >= 0.3 is 5.97 Å². The van der Waals surface area contributed by atoms with E-state index >= 15 is 0 Å². The van der Waals surface area contributed by atoms with Gasteiger partial charge in [-0.1, -0.05) is 15.9 Å². The Bertz CT molecular complexity index is 527. The van der Waals surface area contributed by atoms with Crippen molar-refractivity contribution in [2.45, 2.75) is 18.6 Å². The van der Waals surface area contributed by atoms with Gasteiger partial charge in [-0.05, 0) is 18.2 Å². The maximum absolute atomic E-state index is 11.2. The number of aliphatic hydroxyl groups excluding tert-OH is 1. The Hall–Kier alpha value is -1.58. The van der Waals surface area contributed by atoms with E-state index in [9.17, 15) is 9.90 Å². The van der Waals surface area contributed by atoms with Gasteiger partial charge in [-0.3, -0.25) is 0 Å². The molecule has 1 saturated heterocycles. The van der Waals surface area contributed by atoms with Crippen LogP contribution >= 0.6 is 15.9 Å². The van der Waals surface area contributed by atoms with Crippen LogP contribution in [0.1, 0.15) is 12.0 Å². The average Bonchev–Trinajstić information content (AvgIpc) is 2.71. The SMILES string of the molecule is N#Cc1ccc(Br)cc1N1CC(O)CC1C(=O)O. The first-order chi connectivity index (χ1) is 8.52. The molecule has 0 amide bonds. The fraction of sp³-hybridized carbons (Fsp3) is 0.333. The number of hydrogen-bond donors (Lipinski definition) is 2. The highest BCUT2D eigenvalue weighted by Crippen LogP contribution is 2.31. The van der Waals surface area contributed by atoms with E-state index in [-0.39, 0.29) is 13.0 Å². The number of carbonyl (C=O) groups is 1. The summed E-state index contributed by atoms with van der Waals surface area (Å²) >= 11 is 3.30. The normalized spacial score (nSPS) is 22.8. The molecule has 6 heteroatoms. The van der Waals surface area contributed by atoms with Crippen LogP contribution < -0.4 is 4.90 Å². The summed E-state index contributed by atoms with van der Waals surface area (Å²) in [5, 5.41) is 27.8. The second-order valence-corrected chi connectivity index (χ2v) is 5.08. The van der Waals surface area contributed by atoms with Crippen molar-refractivity contribution in [3.63, 3.8) is 0 Å². The molecular formula is C12H11BrN2O3. The van der Waals surface area contributed by atoms with E-state index in [1.54, 1.807) is 23.1 Å². The molecule has 0 radical (unpaired) electrons. The number of benzene rings is 1. The fourth-order valence-electron chi connectivity index (χ4n) is 2.15. The summed E-state index contributed by atoms with van der Waals surface area (Å²) in [6, 6.07) is 6.30. The number of carboxylic acid groups (broad SMARTS) is 1. The molecule has 2 N–H and O–H groups in total. The van der Waals surface area contributed by atoms with Gasteiger partial charge in [-0.2, -0.15) is 5.26 Å². The summed E-state index contributed by atoms with van der Waals surface area (Å²) < 4.78 is 0.766. The number of hydrogen-bond acceptors (Lipinski definition) is 4. The van der Waals surface area contributed by atoms with Crippen molar-refractivity contribution in [2.24, 2.45) is 0 Å². The molecule has 2 rings (SSSR count). The van der Waals surface area contributed by atoms with Crippen LogP contribution in [0, 0.1) is 11.3 Å². The molecule has 2 unspecified atom stereocenters. The maximum atomic E-state index is 11.2. The summed E-state index contributed by atoms with van der Waals surface area (Å²) in [4.78, 5) is 12.7. The highest BCUT2D eigenvalue weighted by molar-refractivity contribution is 9.10. The number of aliphatic carboxylic acids is 1. The summed E-state index contributed by atoms with van der Waals surface area (Å²) in [5.41, 5.74) is 0.939. The van der Waals surface area contributed by atoms with Gasteiger partial charge in [0.1, 0.15) is 12.1 Å². The first-order valence-electron chi connectivity index (χ1n) is 5.40. The van der Waals surface area contributed by atoms with E-state index in [0.29, 0.717) is 11.3 Å². The molecule has 1 aromatic rings. The molecule has 0 spiro atoms. The van der Waals surface area contributed by atoms with Crippen LogP contribution in [0.4, 0.5) is 5.69 Å². The molecule has 0 aliphatic carbocycles. The topological polar surface area (TPSA) is 84.6 Å². The van der Waals surface area contributed by atoms with Gasteiger partial charge in [0.05, 0.1) is 17.4 Å². The summed E-state index contributed by atoms with van der Waals surface area (Å²) in [6.07, 6.45) is -0.510. The lowest BCUT2D eigenvalue weighted by Crippen LogP contribution is -2.36. The zero-order valence-electron chi connectivity index (χ0n) is 9.38. The Morgan fingerprint density at radius 2 is 2.28 bits per heavy atom. The molecule has 5 nitrogen and oxygen atoms in total. The van der Waals surface area contributed by atoms with Crippen LogP contribution in [0.15, 0.2) is 22.7 Å². The van der Waals surface area contributed by atoms with Gasteiger partial charge < -0.3 is 15.1 Å². The maximum Gasteiger partial charge on any atom is 0.326 e. The van der Waals surface area contributed by atoms with E-state index < -0.39 is 18.1 Å². The van der Waals surface area contributed by atoms with E-state index in [0.717, 1.165) is 4.47 Å². The zero-order chi connectivity index (χ0) is 13.3. The largest absolute Gasteiger partial charge is 0.480 e. The predicted molar refractivity (Wildman–Crippen MR) is 68.3 cm³/mol.